The van der Waals surface area contributed by atoms with Gasteiger partial charge in [-0.1, -0.05) is 6.07 Å². The SMILES string of the molecule is CC(=O)c1c[nH]c(C(=O)N2CCC[C@@H]2c2ccc3c(c2)OCO3)c1. The molecule has 0 saturated carbocycles. The third-order valence-corrected chi connectivity index (χ3v) is 4.62. The number of ketones is 1. The molecule has 0 spiro atoms. The van der Waals surface area contributed by atoms with E-state index in [1.165, 1.54) is 6.92 Å². The van der Waals surface area contributed by atoms with Crippen LogP contribution in [0.25, 0.3) is 0 Å². The van der Waals surface area contributed by atoms with Crippen molar-refractivity contribution in [3.8, 4) is 11.5 Å². The molecule has 0 radical (unpaired) electrons. The number of nitrogens with zero attached hydrogens (tertiary/aromatic N) is 1. The van der Waals surface area contributed by atoms with Crippen molar-refractivity contribution in [1.82, 2.24) is 9.88 Å². The van der Waals surface area contributed by atoms with Crippen LogP contribution in [0.2, 0.25) is 0 Å². The van der Waals surface area contributed by atoms with Crippen molar-refractivity contribution in [3.05, 3.63) is 47.3 Å². The standard InChI is InChI=1S/C18H18N2O4/c1-11(21)13-7-14(19-9-13)18(22)20-6-2-3-15(20)12-4-5-16-17(8-12)24-10-23-16/h4-5,7-9,15,19H,2-3,6,10H2,1H3/t15-/m1/s1. The Labute approximate surface area is 139 Å². The van der Waals surface area contributed by atoms with Crippen molar-refractivity contribution >= 4 is 11.7 Å². The summed E-state index contributed by atoms with van der Waals surface area (Å²) in [5.41, 5.74) is 2.02. The maximum Gasteiger partial charge on any atom is 0.270 e. The molecule has 1 atom stereocenters. The maximum absolute atomic E-state index is 12.8. The molecule has 0 unspecified atom stereocenters. The van der Waals surface area contributed by atoms with Gasteiger partial charge in [-0.25, -0.2) is 0 Å². The van der Waals surface area contributed by atoms with E-state index in [1.54, 1.807) is 12.3 Å². The molecule has 1 N–H and O–H groups in total. The molecule has 1 saturated heterocycles. The van der Waals surface area contributed by atoms with Gasteiger partial charge in [-0.2, -0.15) is 0 Å². The molecule has 2 aromatic rings. The summed E-state index contributed by atoms with van der Waals surface area (Å²) >= 11 is 0. The smallest absolute Gasteiger partial charge is 0.270 e. The van der Waals surface area contributed by atoms with Crippen molar-refractivity contribution in [3.63, 3.8) is 0 Å². The Morgan fingerprint density at radius 1 is 1.21 bits per heavy atom. The van der Waals surface area contributed by atoms with Gasteiger partial charge in [0.25, 0.3) is 5.91 Å². The van der Waals surface area contributed by atoms with Crippen LogP contribution in [0.5, 0.6) is 11.5 Å². The molecule has 0 aliphatic carbocycles. The molecule has 1 amide bonds. The predicted octanol–water partition coefficient (Wildman–Crippen LogP) is 2.92. The van der Waals surface area contributed by atoms with E-state index in [0.717, 1.165) is 29.9 Å². The van der Waals surface area contributed by atoms with Crippen molar-refractivity contribution in [2.45, 2.75) is 25.8 Å². The number of carbonyl (C=O) groups is 2. The zero-order chi connectivity index (χ0) is 16.7. The van der Waals surface area contributed by atoms with Crippen LogP contribution < -0.4 is 9.47 Å². The maximum atomic E-state index is 12.8. The number of aromatic amines is 1. The van der Waals surface area contributed by atoms with Gasteiger partial charge in [0, 0.05) is 18.3 Å². The lowest BCUT2D eigenvalue weighted by Crippen LogP contribution is -2.30. The number of carbonyl (C=O) groups excluding carboxylic acids is 2. The van der Waals surface area contributed by atoms with E-state index in [-0.39, 0.29) is 24.5 Å². The van der Waals surface area contributed by atoms with E-state index in [1.807, 2.05) is 23.1 Å². The minimum atomic E-state index is -0.0809. The van der Waals surface area contributed by atoms with E-state index < -0.39 is 0 Å². The minimum absolute atomic E-state index is 0.0103. The fourth-order valence-corrected chi connectivity index (χ4v) is 3.35. The highest BCUT2D eigenvalue weighted by Gasteiger charge is 2.32. The molecular weight excluding hydrogens is 308 g/mol. The zero-order valence-corrected chi connectivity index (χ0v) is 13.4. The second-order valence-corrected chi connectivity index (χ2v) is 6.13. The summed E-state index contributed by atoms with van der Waals surface area (Å²) in [6, 6.07) is 7.46. The van der Waals surface area contributed by atoms with E-state index in [0.29, 0.717) is 17.8 Å². The Kier molecular flexibility index (Phi) is 3.52. The van der Waals surface area contributed by atoms with Gasteiger partial charge in [-0.3, -0.25) is 9.59 Å². The van der Waals surface area contributed by atoms with Gasteiger partial charge in [0.05, 0.1) is 6.04 Å². The quantitative estimate of drug-likeness (QED) is 0.880. The molecule has 24 heavy (non-hydrogen) atoms. The van der Waals surface area contributed by atoms with Crippen LogP contribution in [0.4, 0.5) is 0 Å². The summed E-state index contributed by atoms with van der Waals surface area (Å²) in [4.78, 5) is 29.0. The first kappa shape index (κ1) is 14.8. The molecule has 4 rings (SSSR count). The van der Waals surface area contributed by atoms with Gasteiger partial charge in [-0.05, 0) is 43.5 Å². The number of likely N-dealkylation sites (tertiary alicyclic amines) is 1. The monoisotopic (exact) mass is 326 g/mol. The molecule has 0 bridgehead atoms. The van der Waals surface area contributed by atoms with Crippen molar-refractivity contribution in [2.24, 2.45) is 0 Å². The highest BCUT2D eigenvalue weighted by molar-refractivity contribution is 5.99. The number of H-pyrrole nitrogens is 1. The molecule has 124 valence electrons. The molecule has 1 fully saturated rings. The Bertz CT molecular complexity index is 811. The Morgan fingerprint density at radius 3 is 2.83 bits per heavy atom. The number of amides is 1. The summed E-state index contributed by atoms with van der Waals surface area (Å²) < 4.78 is 10.8. The lowest BCUT2D eigenvalue weighted by Gasteiger charge is -2.24. The lowest BCUT2D eigenvalue weighted by atomic mass is 10.0. The summed E-state index contributed by atoms with van der Waals surface area (Å²) in [6.45, 7) is 2.43. The van der Waals surface area contributed by atoms with Gasteiger partial charge >= 0.3 is 0 Å². The minimum Gasteiger partial charge on any atom is -0.454 e. The fraction of sp³-hybridized carbons (Fsp3) is 0.333. The fourth-order valence-electron chi connectivity index (χ4n) is 3.35. The molecule has 2 aliphatic heterocycles. The summed E-state index contributed by atoms with van der Waals surface area (Å²) in [5, 5.41) is 0. The molecule has 6 nitrogen and oxygen atoms in total. The second-order valence-electron chi connectivity index (χ2n) is 6.13. The van der Waals surface area contributed by atoms with Gasteiger partial charge < -0.3 is 19.4 Å². The number of benzene rings is 1. The van der Waals surface area contributed by atoms with Gasteiger partial charge in [-0.15, -0.1) is 0 Å². The van der Waals surface area contributed by atoms with E-state index in [4.69, 9.17) is 9.47 Å². The predicted molar refractivity (Wildman–Crippen MR) is 86.4 cm³/mol. The lowest BCUT2D eigenvalue weighted by molar-refractivity contribution is 0.0730. The largest absolute Gasteiger partial charge is 0.454 e. The Hall–Kier alpha value is -2.76. The van der Waals surface area contributed by atoms with Crippen LogP contribution >= 0.6 is 0 Å². The number of aromatic nitrogens is 1. The number of ether oxygens (including phenoxy) is 2. The normalized spacial score (nSPS) is 18.9. The van der Waals surface area contributed by atoms with Crippen LogP contribution in [0.3, 0.4) is 0 Å². The molecule has 2 aliphatic rings. The second kappa shape index (κ2) is 5.70. The third-order valence-electron chi connectivity index (χ3n) is 4.62. The van der Waals surface area contributed by atoms with Crippen LogP contribution in [0.1, 0.15) is 52.2 Å². The van der Waals surface area contributed by atoms with Crippen LogP contribution in [0, 0.1) is 0 Å². The third kappa shape index (κ3) is 2.44. The summed E-state index contributed by atoms with van der Waals surface area (Å²) in [7, 11) is 0. The Balaban J connectivity index is 1.60. The average molecular weight is 326 g/mol. The molecular formula is C18H18N2O4. The van der Waals surface area contributed by atoms with Gasteiger partial charge in [0.15, 0.2) is 17.3 Å². The topological polar surface area (TPSA) is 71.6 Å². The first-order valence-corrected chi connectivity index (χ1v) is 8.03. The molecule has 1 aromatic carbocycles. The highest BCUT2D eigenvalue weighted by Crippen LogP contribution is 2.39. The number of Topliss-reactive ketones (excluding diaryl/α,β-unsaturated/α-hetero) is 1. The molecule has 6 heteroatoms. The number of fused-ring (bicyclic) bond motifs is 1. The first-order chi connectivity index (χ1) is 11.6. The summed E-state index contributed by atoms with van der Waals surface area (Å²) in [5.74, 6) is 1.33. The van der Waals surface area contributed by atoms with Crippen molar-refractivity contribution < 1.29 is 19.1 Å². The van der Waals surface area contributed by atoms with Gasteiger partial charge in [0.2, 0.25) is 6.79 Å². The summed E-state index contributed by atoms with van der Waals surface area (Å²) in [6.07, 6.45) is 3.44. The average Bonchev–Trinajstić information content (AvgIpc) is 3.31. The molecule has 3 heterocycles. The first-order valence-electron chi connectivity index (χ1n) is 8.03. The highest BCUT2D eigenvalue weighted by atomic mass is 16.7. The van der Waals surface area contributed by atoms with Crippen molar-refractivity contribution in [2.75, 3.05) is 13.3 Å². The number of nitrogens with one attached hydrogen (secondary N) is 1. The number of rotatable bonds is 3. The van der Waals surface area contributed by atoms with E-state index >= 15 is 0 Å². The van der Waals surface area contributed by atoms with Crippen LogP contribution in [0.15, 0.2) is 30.5 Å². The number of hydrogen-bond acceptors (Lipinski definition) is 4. The van der Waals surface area contributed by atoms with Crippen LogP contribution in [-0.4, -0.2) is 34.9 Å². The molecule has 1 aromatic heterocycles. The zero-order valence-electron chi connectivity index (χ0n) is 13.4. The van der Waals surface area contributed by atoms with Crippen LogP contribution in [-0.2, 0) is 0 Å². The van der Waals surface area contributed by atoms with Gasteiger partial charge in [0.1, 0.15) is 5.69 Å². The Morgan fingerprint density at radius 2 is 2.04 bits per heavy atom. The van der Waals surface area contributed by atoms with E-state index in [9.17, 15) is 9.59 Å². The van der Waals surface area contributed by atoms with E-state index in [2.05, 4.69) is 4.98 Å². The number of hydrogen-bond donors (Lipinski definition) is 1. The van der Waals surface area contributed by atoms with Crippen molar-refractivity contribution in [1.29, 1.82) is 0 Å².